The topological polar surface area (TPSA) is 96.5 Å². The van der Waals surface area contributed by atoms with Crippen LogP contribution in [0.25, 0.3) is 10.8 Å². The average molecular weight is 546 g/mol. The fourth-order valence-corrected chi connectivity index (χ4v) is 4.70. The zero-order valence-electron chi connectivity index (χ0n) is 23.0. The maximum absolute atomic E-state index is 13.3. The molecule has 41 heavy (non-hydrogen) atoms. The lowest BCUT2D eigenvalue weighted by atomic mass is 10.0. The van der Waals surface area contributed by atoms with Gasteiger partial charge in [0.2, 0.25) is 0 Å². The van der Waals surface area contributed by atoms with Crippen molar-refractivity contribution in [3.8, 4) is 0 Å². The Hall–Kier alpha value is -5.24. The van der Waals surface area contributed by atoms with E-state index in [-0.39, 0.29) is 6.42 Å². The minimum Gasteiger partial charge on any atom is -0.467 e. The van der Waals surface area contributed by atoms with Crippen LogP contribution >= 0.6 is 0 Å². The van der Waals surface area contributed by atoms with Gasteiger partial charge in [0, 0.05) is 48.8 Å². The number of esters is 1. The fraction of sp³-hybridized carbons (Fsp3) is 0.152. The number of hydrogen-bond donors (Lipinski definition) is 2. The summed E-state index contributed by atoms with van der Waals surface area (Å²) in [5.41, 5.74) is 4.62. The Labute approximate surface area is 239 Å². The van der Waals surface area contributed by atoms with Crippen LogP contribution in [0.2, 0.25) is 0 Å². The summed E-state index contributed by atoms with van der Waals surface area (Å²) in [4.78, 5) is 36.2. The molecule has 2 amide bonds. The third kappa shape index (κ3) is 6.67. The number of carbonyl (C=O) groups is 2. The summed E-state index contributed by atoms with van der Waals surface area (Å²) in [6.07, 6.45) is 6.23. The van der Waals surface area contributed by atoms with Crippen molar-refractivity contribution in [2.24, 2.45) is 0 Å². The molecule has 0 aliphatic rings. The molecule has 1 unspecified atom stereocenters. The lowest BCUT2D eigenvalue weighted by Gasteiger charge is -2.24. The first-order valence-electron chi connectivity index (χ1n) is 13.3. The molecule has 0 bridgehead atoms. The minimum atomic E-state index is -0.860. The number of urea groups is 1. The molecule has 0 radical (unpaired) electrons. The molecule has 5 aromatic rings. The number of methoxy groups -OCH3 is 1. The van der Waals surface area contributed by atoms with Gasteiger partial charge in [0.1, 0.15) is 11.9 Å². The molecule has 0 fully saturated rings. The summed E-state index contributed by atoms with van der Waals surface area (Å²) in [6.45, 7) is 0. The second kappa shape index (κ2) is 12.7. The van der Waals surface area contributed by atoms with Gasteiger partial charge in [0.05, 0.1) is 7.11 Å². The Morgan fingerprint density at radius 2 is 1.61 bits per heavy atom. The van der Waals surface area contributed by atoms with E-state index in [0.717, 1.165) is 38.8 Å². The summed E-state index contributed by atoms with van der Waals surface area (Å²) in [5, 5.41) is 8.15. The molecule has 0 saturated carbocycles. The number of aromatic nitrogens is 2. The maximum atomic E-state index is 13.3. The Balaban J connectivity index is 1.27. The van der Waals surface area contributed by atoms with E-state index in [9.17, 15) is 9.59 Å². The summed E-state index contributed by atoms with van der Waals surface area (Å²) in [5.74, 6) is 0.192. The van der Waals surface area contributed by atoms with Crippen molar-refractivity contribution in [1.82, 2.24) is 15.3 Å². The highest BCUT2D eigenvalue weighted by Gasteiger charge is 2.25. The highest BCUT2D eigenvalue weighted by molar-refractivity contribution is 5.95. The van der Waals surface area contributed by atoms with Crippen LogP contribution in [0.1, 0.15) is 16.7 Å². The van der Waals surface area contributed by atoms with E-state index in [1.165, 1.54) is 12.0 Å². The molecular formula is C33H31N5O3. The number of amides is 2. The van der Waals surface area contributed by atoms with Crippen molar-refractivity contribution in [3.05, 3.63) is 126 Å². The predicted molar refractivity (Wildman–Crippen MR) is 161 cm³/mol. The zero-order valence-corrected chi connectivity index (χ0v) is 23.0. The molecule has 2 N–H and O–H groups in total. The molecule has 206 valence electrons. The van der Waals surface area contributed by atoms with E-state index in [2.05, 4.69) is 32.7 Å². The number of para-hydroxylation sites is 1. The number of carbonyl (C=O) groups excluding carboxylic acids is 2. The van der Waals surface area contributed by atoms with Crippen LogP contribution in [-0.4, -0.2) is 42.2 Å². The van der Waals surface area contributed by atoms with Gasteiger partial charge in [-0.25, -0.2) is 14.6 Å². The van der Waals surface area contributed by atoms with Crippen LogP contribution in [0.5, 0.6) is 0 Å². The Morgan fingerprint density at radius 3 is 2.39 bits per heavy atom. The second-order valence-corrected chi connectivity index (χ2v) is 9.66. The van der Waals surface area contributed by atoms with Gasteiger partial charge in [-0.3, -0.25) is 9.88 Å². The van der Waals surface area contributed by atoms with E-state index in [1.54, 1.807) is 25.6 Å². The smallest absolute Gasteiger partial charge is 0.328 e. The van der Waals surface area contributed by atoms with Gasteiger partial charge in [-0.15, -0.1) is 0 Å². The van der Waals surface area contributed by atoms with Gasteiger partial charge in [-0.05, 0) is 58.8 Å². The van der Waals surface area contributed by atoms with Gasteiger partial charge in [0.15, 0.2) is 0 Å². The van der Waals surface area contributed by atoms with Gasteiger partial charge < -0.3 is 15.4 Å². The number of pyridine rings is 2. The Bertz CT molecular complexity index is 1640. The van der Waals surface area contributed by atoms with Crippen LogP contribution in [0.3, 0.4) is 0 Å². The van der Waals surface area contributed by atoms with Crippen LogP contribution in [0.4, 0.5) is 22.0 Å². The number of nitrogens with one attached hydrogen (secondary N) is 2. The van der Waals surface area contributed by atoms with Crippen molar-refractivity contribution in [2.75, 3.05) is 24.4 Å². The normalized spacial score (nSPS) is 11.5. The number of benzene rings is 3. The quantitative estimate of drug-likeness (QED) is 0.224. The van der Waals surface area contributed by atoms with E-state index < -0.39 is 18.0 Å². The third-order valence-electron chi connectivity index (χ3n) is 6.90. The average Bonchev–Trinajstić information content (AvgIpc) is 3.02. The van der Waals surface area contributed by atoms with Gasteiger partial charge in [0.25, 0.3) is 0 Å². The molecular weight excluding hydrogens is 514 g/mol. The Morgan fingerprint density at radius 1 is 0.878 bits per heavy atom. The molecule has 0 saturated heterocycles. The van der Waals surface area contributed by atoms with Crippen molar-refractivity contribution >= 4 is 40.0 Å². The second-order valence-electron chi connectivity index (χ2n) is 9.66. The first kappa shape index (κ1) is 27.3. The molecule has 1 atom stereocenters. The van der Waals surface area contributed by atoms with E-state index in [0.29, 0.717) is 12.2 Å². The summed E-state index contributed by atoms with van der Waals surface area (Å²) in [6, 6.07) is 28.1. The highest BCUT2D eigenvalue weighted by atomic mass is 16.5. The number of fused-ring (bicyclic) bond motifs is 1. The molecule has 8 heteroatoms. The van der Waals surface area contributed by atoms with Crippen LogP contribution in [0.15, 0.2) is 110 Å². The standard InChI is InChI=1S/C33H31N5O3/c1-38(30-11-7-6-10-26(30)20-23-8-4-3-5-9-23)33(40)37-29(32(39)41-2)21-24-12-14-27(15-13-24)36-31-28-22-34-18-16-25(28)17-19-35-31/h3-19,22,29H,20-21H2,1-2H3,(H,35,36)(H,37,40). The molecule has 3 aromatic carbocycles. The van der Waals surface area contributed by atoms with Crippen molar-refractivity contribution < 1.29 is 14.3 Å². The van der Waals surface area contributed by atoms with E-state index in [1.807, 2.05) is 78.9 Å². The van der Waals surface area contributed by atoms with Crippen LogP contribution in [0, 0.1) is 0 Å². The summed E-state index contributed by atoms with van der Waals surface area (Å²) >= 11 is 0. The molecule has 2 aromatic heterocycles. The molecule has 0 aliphatic carbocycles. The molecule has 0 spiro atoms. The van der Waals surface area contributed by atoms with Gasteiger partial charge >= 0.3 is 12.0 Å². The predicted octanol–water partition coefficient (Wildman–Crippen LogP) is 5.89. The first-order chi connectivity index (χ1) is 20.0. The first-order valence-corrected chi connectivity index (χ1v) is 13.3. The molecule has 2 heterocycles. The number of ether oxygens (including phenoxy) is 1. The maximum Gasteiger partial charge on any atom is 0.328 e. The molecule has 0 aliphatic heterocycles. The summed E-state index contributed by atoms with van der Waals surface area (Å²) in [7, 11) is 3.02. The zero-order chi connectivity index (χ0) is 28.6. The van der Waals surface area contributed by atoms with E-state index in [4.69, 9.17) is 4.74 Å². The highest BCUT2D eigenvalue weighted by Crippen LogP contribution is 2.25. The lowest BCUT2D eigenvalue weighted by molar-refractivity contribution is -0.142. The Kier molecular flexibility index (Phi) is 8.49. The summed E-state index contributed by atoms with van der Waals surface area (Å²) < 4.78 is 5.02. The fourth-order valence-electron chi connectivity index (χ4n) is 4.70. The van der Waals surface area contributed by atoms with E-state index >= 15 is 0 Å². The third-order valence-corrected chi connectivity index (χ3v) is 6.90. The minimum absolute atomic E-state index is 0.272. The van der Waals surface area contributed by atoms with Crippen molar-refractivity contribution in [3.63, 3.8) is 0 Å². The monoisotopic (exact) mass is 545 g/mol. The van der Waals surface area contributed by atoms with Crippen LogP contribution in [-0.2, 0) is 22.4 Å². The molecule has 5 rings (SSSR count). The van der Waals surface area contributed by atoms with Gasteiger partial charge in [-0.2, -0.15) is 0 Å². The number of anilines is 3. The number of rotatable bonds is 9. The lowest BCUT2D eigenvalue weighted by Crippen LogP contribution is -2.48. The number of hydrogen-bond acceptors (Lipinski definition) is 6. The molecule has 8 nitrogen and oxygen atoms in total. The van der Waals surface area contributed by atoms with Crippen LogP contribution < -0.4 is 15.5 Å². The van der Waals surface area contributed by atoms with Gasteiger partial charge in [-0.1, -0.05) is 60.7 Å². The number of nitrogens with zero attached hydrogens (tertiary/aromatic N) is 3. The largest absolute Gasteiger partial charge is 0.467 e. The van der Waals surface area contributed by atoms with Crippen molar-refractivity contribution in [1.29, 1.82) is 0 Å². The van der Waals surface area contributed by atoms with Crippen molar-refractivity contribution in [2.45, 2.75) is 18.9 Å². The SMILES string of the molecule is COC(=O)C(Cc1ccc(Nc2nccc3ccncc23)cc1)NC(=O)N(C)c1ccccc1Cc1ccccc1.